The molecule has 0 aliphatic rings. The first-order chi connectivity index (χ1) is 36.4. The minimum atomic E-state index is -4.45. The molecule has 10 heteroatoms. The highest BCUT2D eigenvalue weighted by Gasteiger charge is 2.30. The number of rotatable bonds is 56. The zero-order valence-corrected chi connectivity index (χ0v) is 50.7. The number of ether oxygens (including phenoxy) is 1. The Morgan fingerprint density at radius 2 is 0.907 bits per heavy atom. The Balaban J connectivity index is 5.25. The Bertz CT molecular complexity index is 1510. The summed E-state index contributed by atoms with van der Waals surface area (Å²) in [6, 6.07) is -0.857. The van der Waals surface area contributed by atoms with Gasteiger partial charge in [0.1, 0.15) is 19.3 Å². The first-order valence-electron chi connectivity index (χ1n) is 31.3. The first kappa shape index (κ1) is 72.5. The third-order valence-electron chi connectivity index (χ3n) is 13.7. The molecular weight excluding hydrogens is 952 g/mol. The van der Waals surface area contributed by atoms with Crippen molar-refractivity contribution in [2.24, 2.45) is 0 Å². The van der Waals surface area contributed by atoms with E-state index in [1.54, 1.807) is 0 Å². The molecule has 2 N–H and O–H groups in total. The summed E-state index contributed by atoms with van der Waals surface area (Å²) < 4.78 is 30.7. The molecule has 3 unspecified atom stereocenters. The number of allylic oxidation sites excluding steroid dienone is 11. The van der Waals surface area contributed by atoms with Gasteiger partial charge in [0, 0.05) is 12.8 Å². The summed E-state index contributed by atoms with van der Waals surface area (Å²) >= 11 is 0. The Hall–Kier alpha value is -2.55. The second-order valence-corrected chi connectivity index (χ2v) is 23.7. The molecule has 0 bridgehead atoms. The fourth-order valence-corrected chi connectivity index (χ4v) is 9.59. The lowest BCUT2D eigenvalue weighted by molar-refractivity contribution is -0.870. The molecule has 0 heterocycles. The topological polar surface area (TPSA) is 111 Å². The Kier molecular flexibility index (Phi) is 52.9. The van der Waals surface area contributed by atoms with Gasteiger partial charge in [0.15, 0.2) is 0 Å². The zero-order valence-electron chi connectivity index (χ0n) is 49.8. The lowest BCUT2D eigenvalue weighted by Gasteiger charge is -2.27. The average molecular weight is 1070 g/mol. The number of nitrogens with one attached hydrogen (secondary N) is 1. The van der Waals surface area contributed by atoms with Gasteiger partial charge in [-0.05, 0) is 83.1 Å². The fraction of sp³-hybridized carbons (Fsp3) is 0.785. The number of nitrogens with zero attached hydrogens (tertiary/aromatic N) is 1. The highest BCUT2D eigenvalue weighted by molar-refractivity contribution is 7.47. The van der Waals surface area contributed by atoms with E-state index in [-0.39, 0.29) is 31.5 Å². The number of hydrogen-bond donors (Lipinski definition) is 2. The van der Waals surface area contributed by atoms with Crippen LogP contribution < -0.4 is 5.32 Å². The first-order valence-corrected chi connectivity index (χ1v) is 32.8. The second-order valence-electron chi connectivity index (χ2n) is 22.3. The number of phosphoric acid groups is 1. The molecule has 0 rings (SSSR count). The van der Waals surface area contributed by atoms with Crippen LogP contribution in [-0.2, 0) is 27.9 Å². The summed E-state index contributed by atoms with van der Waals surface area (Å²) in [5.74, 6) is -0.518. The van der Waals surface area contributed by atoms with Gasteiger partial charge in [0.05, 0.1) is 33.8 Å². The van der Waals surface area contributed by atoms with Gasteiger partial charge in [-0.15, -0.1) is 0 Å². The molecule has 0 aromatic heterocycles. The van der Waals surface area contributed by atoms with Crippen LogP contribution in [0.3, 0.4) is 0 Å². The van der Waals surface area contributed by atoms with E-state index < -0.39 is 20.0 Å². The quantitative estimate of drug-likeness (QED) is 0.0156. The molecule has 75 heavy (non-hydrogen) atoms. The van der Waals surface area contributed by atoms with Gasteiger partial charge in [0.2, 0.25) is 5.91 Å². The zero-order chi connectivity index (χ0) is 55.0. The van der Waals surface area contributed by atoms with Gasteiger partial charge in [-0.3, -0.25) is 18.6 Å². The van der Waals surface area contributed by atoms with E-state index in [0.717, 1.165) is 83.5 Å². The number of carbonyl (C=O) groups excluding carboxylic acids is 2. The van der Waals surface area contributed by atoms with E-state index in [1.165, 1.54) is 161 Å². The van der Waals surface area contributed by atoms with Crippen molar-refractivity contribution in [1.82, 2.24) is 5.32 Å². The minimum Gasteiger partial charge on any atom is -0.456 e. The van der Waals surface area contributed by atoms with Crippen molar-refractivity contribution < 1.29 is 37.3 Å². The highest BCUT2D eigenvalue weighted by atomic mass is 31.2. The average Bonchev–Trinajstić information content (AvgIpc) is 3.37. The third kappa shape index (κ3) is 56.0. The third-order valence-corrected chi connectivity index (χ3v) is 14.7. The lowest BCUT2D eigenvalue weighted by atomic mass is 10.0. The molecule has 0 fully saturated rings. The second kappa shape index (κ2) is 54.8. The lowest BCUT2D eigenvalue weighted by Crippen LogP contribution is -2.47. The van der Waals surface area contributed by atoms with Gasteiger partial charge in [-0.2, -0.15) is 0 Å². The van der Waals surface area contributed by atoms with E-state index in [4.69, 9.17) is 13.8 Å². The van der Waals surface area contributed by atoms with Crippen LogP contribution in [0.5, 0.6) is 0 Å². The largest absolute Gasteiger partial charge is 0.472 e. The Labute approximate surface area is 463 Å². The van der Waals surface area contributed by atoms with Crippen molar-refractivity contribution in [2.75, 3.05) is 40.9 Å². The van der Waals surface area contributed by atoms with E-state index in [2.05, 4.69) is 86.8 Å². The number of likely N-dealkylation sites (N-methyl/N-ethyl adjacent to an activating group) is 1. The van der Waals surface area contributed by atoms with Crippen LogP contribution in [-0.4, -0.2) is 74.3 Å². The van der Waals surface area contributed by atoms with Gasteiger partial charge in [0.25, 0.3) is 0 Å². The van der Waals surface area contributed by atoms with Crippen LogP contribution in [0.1, 0.15) is 278 Å². The molecule has 436 valence electrons. The number of esters is 1. The fourth-order valence-electron chi connectivity index (χ4n) is 8.85. The smallest absolute Gasteiger partial charge is 0.456 e. The van der Waals surface area contributed by atoms with E-state index in [9.17, 15) is 19.0 Å². The molecule has 1 amide bonds. The van der Waals surface area contributed by atoms with E-state index >= 15 is 0 Å². The molecule has 0 aromatic carbocycles. The van der Waals surface area contributed by atoms with Crippen LogP contribution in [0.15, 0.2) is 72.9 Å². The number of quaternary nitrogens is 1. The summed E-state index contributed by atoms with van der Waals surface area (Å²) in [7, 11) is 1.48. The molecule has 9 nitrogen and oxygen atoms in total. The predicted molar refractivity (Wildman–Crippen MR) is 323 cm³/mol. The monoisotopic (exact) mass is 1070 g/mol. The maximum Gasteiger partial charge on any atom is 0.472 e. The normalized spacial score (nSPS) is 14.2. The van der Waals surface area contributed by atoms with Crippen molar-refractivity contribution >= 4 is 19.7 Å². The number of carbonyl (C=O) groups is 2. The molecule has 3 atom stereocenters. The van der Waals surface area contributed by atoms with Crippen molar-refractivity contribution in [3.63, 3.8) is 0 Å². The standard InChI is InChI=1S/C65H119N2O7P/c1-7-10-13-16-19-22-25-28-30-31-32-33-34-35-37-40-43-46-49-52-55-58-65(69)74-63(56-53-50-47-44-41-38-27-24-21-18-15-12-9-3)62(61-73-75(70,71)72-60-59-67(4,5)6)66-64(68)57-54-51-48-45-42-39-36-29-26-23-20-17-14-11-8-2/h11,14,17,19-20,22-23,26,28,30,53,56,62-63H,7-10,12-13,15-16,18,21,24-25,27,29,31-52,54-55,57-61H2,1-6H3,(H-,66,68,70,71)/p+1/b14-11+,20-17+,22-19-,26-23+,30-28-,56-53-. The number of amides is 1. The maximum atomic E-state index is 13.5. The van der Waals surface area contributed by atoms with Gasteiger partial charge in [-0.25, -0.2) is 4.57 Å². The summed E-state index contributed by atoms with van der Waals surface area (Å²) in [6.07, 6.45) is 70.4. The predicted octanol–water partition coefficient (Wildman–Crippen LogP) is 19.2. The van der Waals surface area contributed by atoms with Gasteiger partial charge < -0.3 is 19.4 Å². The van der Waals surface area contributed by atoms with Gasteiger partial charge >= 0.3 is 13.8 Å². The van der Waals surface area contributed by atoms with Crippen LogP contribution in [0, 0.1) is 0 Å². The summed E-state index contributed by atoms with van der Waals surface area (Å²) in [5, 5.41) is 3.05. The van der Waals surface area contributed by atoms with E-state index in [1.807, 2.05) is 33.3 Å². The van der Waals surface area contributed by atoms with Crippen LogP contribution in [0.4, 0.5) is 0 Å². The van der Waals surface area contributed by atoms with Gasteiger partial charge in [-0.1, -0.05) is 255 Å². The summed E-state index contributed by atoms with van der Waals surface area (Å²) in [5.41, 5.74) is 0. The van der Waals surface area contributed by atoms with Crippen LogP contribution in [0.2, 0.25) is 0 Å². The molecular formula is C65H120N2O7P+. The summed E-state index contributed by atoms with van der Waals surface area (Å²) in [4.78, 5) is 37.7. The SMILES string of the molecule is CC/C=C/C=C/C=C/CCCCCCCCCC(=O)NC(COP(=O)(O)OCC[N+](C)(C)C)C(/C=C\CCCCCCCCCCCCC)OC(=O)CCCCCCCCCCCCC/C=C\C/C=C\CCCCC. The summed E-state index contributed by atoms with van der Waals surface area (Å²) in [6.45, 7) is 6.86. The highest BCUT2D eigenvalue weighted by Crippen LogP contribution is 2.43. The Morgan fingerprint density at radius 1 is 0.493 bits per heavy atom. The molecule has 0 aromatic rings. The van der Waals surface area contributed by atoms with Crippen molar-refractivity contribution in [1.29, 1.82) is 0 Å². The molecule has 0 spiro atoms. The van der Waals surface area contributed by atoms with Crippen LogP contribution >= 0.6 is 7.82 Å². The minimum absolute atomic E-state index is 0.0354. The van der Waals surface area contributed by atoms with Crippen molar-refractivity contribution in [3.05, 3.63) is 72.9 Å². The maximum absolute atomic E-state index is 13.5. The molecule has 0 aliphatic heterocycles. The number of phosphoric ester groups is 1. The van der Waals surface area contributed by atoms with Crippen molar-refractivity contribution in [3.8, 4) is 0 Å². The Morgan fingerprint density at radius 3 is 1.40 bits per heavy atom. The molecule has 0 saturated heterocycles. The molecule has 0 radical (unpaired) electrons. The van der Waals surface area contributed by atoms with Crippen LogP contribution in [0.25, 0.3) is 0 Å². The van der Waals surface area contributed by atoms with Crippen molar-refractivity contribution in [2.45, 2.75) is 290 Å². The molecule has 0 aliphatic carbocycles. The number of unbranched alkanes of at least 4 members (excludes halogenated alkanes) is 32. The molecule has 0 saturated carbocycles. The van der Waals surface area contributed by atoms with E-state index in [0.29, 0.717) is 17.4 Å². The number of hydrogen-bond acceptors (Lipinski definition) is 6.